The van der Waals surface area contributed by atoms with Crippen LogP contribution in [0.5, 0.6) is 0 Å². The van der Waals surface area contributed by atoms with E-state index in [-0.39, 0.29) is 55.2 Å². The molecule has 2 atom stereocenters. The standard InChI is InChI=1S/C41H39F4N4O8PS/c1-4-17-54-58(51,55-18-5-2)56-22-31-10-8-11-35(43)39(31)40(50)57-41(25-49-27-47-26-48-49,34-16-15-32(42)20-37(34)45)28(3)59-33-23-52-38(53-24-33)12-7-6-9-30-14-13-29(21-46)19-36(30)44/h4-16,19-20,26-28,33,38H,1-2,17-18,22-25H2,3H3/t28-,33?,38?,41-/m1/s1. The van der Waals surface area contributed by atoms with Crippen LogP contribution in [0.3, 0.4) is 0 Å². The Morgan fingerprint density at radius 2 is 1.78 bits per heavy atom. The van der Waals surface area contributed by atoms with Crippen LogP contribution < -0.4 is 0 Å². The molecule has 0 radical (unpaired) electrons. The van der Waals surface area contributed by atoms with Crippen molar-refractivity contribution >= 4 is 31.6 Å². The summed E-state index contributed by atoms with van der Waals surface area (Å²) in [5, 5.41) is 11.8. The topological polar surface area (TPSA) is 144 Å². The van der Waals surface area contributed by atoms with Gasteiger partial charge in [0.1, 0.15) is 41.5 Å². The number of nitriles is 1. The summed E-state index contributed by atoms with van der Waals surface area (Å²) < 4.78 is 109. The molecule has 0 spiro atoms. The van der Waals surface area contributed by atoms with Gasteiger partial charge >= 0.3 is 13.8 Å². The number of thioether (sulfide) groups is 1. The molecule has 0 aliphatic carbocycles. The van der Waals surface area contributed by atoms with E-state index in [0.717, 1.165) is 24.3 Å². The number of halogens is 4. The van der Waals surface area contributed by atoms with Crippen molar-refractivity contribution in [3.8, 4) is 6.07 Å². The molecule has 1 aliphatic heterocycles. The van der Waals surface area contributed by atoms with Crippen LogP contribution in [0.4, 0.5) is 17.6 Å². The van der Waals surface area contributed by atoms with Crippen LogP contribution in [-0.2, 0) is 51.1 Å². The van der Waals surface area contributed by atoms with Crippen LogP contribution in [0.15, 0.2) is 111 Å². The van der Waals surface area contributed by atoms with Crippen molar-refractivity contribution in [2.75, 3.05) is 26.4 Å². The van der Waals surface area contributed by atoms with E-state index >= 15 is 8.78 Å². The first-order chi connectivity index (χ1) is 28.4. The number of nitrogens with zero attached hydrogens (tertiary/aromatic N) is 4. The summed E-state index contributed by atoms with van der Waals surface area (Å²) in [5.74, 6) is -4.80. The second-order valence-electron chi connectivity index (χ2n) is 12.7. The summed E-state index contributed by atoms with van der Waals surface area (Å²) in [6, 6.07) is 12.4. The maximum absolute atomic E-state index is 16.0. The lowest BCUT2D eigenvalue weighted by molar-refractivity contribution is -0.146. The highest BCUT2D eigenvalue weighted by atomic mass is 32.2. The molecule has 3 aromatic carbocycles. The van der Waals surface area contributed by atoms with Crippen LogP contribution in [0.25, 0.3) is 6.08 Å². The molecule has 0 amide bonds. The molecule has 310 valence electrons. The third-order valence-electron chi connectivity index (χ3n) is 8.64. The van der Waals surface area contributed by atoms with Crippen LogP contribution in [0.2, 0.25) is 0 Å². The molecule has 0 saturated carbocycles. The molecular weight excluding hydrogens is 816 g/mol. The second kappa shape index (κ2) is 21.2. The molecule has 4 aromatic rings. The number of phosphoric ester groups is 1. The highest BCUT2D eigenvalue weighted by Crippen LogP contribution is 2.50. The van der Waals surface area contributed by atoms with Gasteiger partial charge < -0.3 is 14.2 Å². The zero-order chi connectivity index (χ0) is 42.4. The lowest BCUT2D eigenvalue weighted by Gasteiger charge is -2.40. The summed E-state index contributed by atoms with van der Waals surface area (Å²) in [4.78, 5) is 18.3. The van der Waals surface area contributed by atoms with Gasteiger partial charge in [0.15, 0.2) is 11.9 Å². The Morgan fingerprint density at radius 3 is 2.42 bits per heavy atom. The van der Waals surface area contributed by atoms with E-state index in [1.54, 1.807) is 25.2 Å². The first kappa shape index (κ1) is 44.9. The SMILES string of the molecule is C=CCOP(=O)(OCC=C)OCc1cccc(F)c1C(=O)O[C@@](Cn1cncn1)(c1ccc(F)cc1F)[C@@H](C)SC1COC(C=CC=Cc2ccc(C#N)cc2F)OC1. The fraction of sp³-hybridized carbons (Fsp3) is 0.268. The lowest BCUT2D eigenvalue weighted by Crippen LogP contribution is -2.47. The fourth-order valence-electron chi connectivity index (χ4n) is 5.81. The lowest BCUT2D eigenvalue weighted by atomic mass is 9.89. The van der Waals surface area contributed by atoms with E-state index in [0.29, 0.717) is 6.07 Å². The van der Waals surface area contributed by atoms with Gasteiger partial charge in [-0.15, -0.1) is 24.9 Å². The molecule has 5 rings (SSSR count). The zero-order valence-electron chi connectivity index (χ0n) is 31.6. The van der Waals surface area contributed by atoms with E-state index < -0.39 is 71.6 Å². The minimum Gasteiger partial charge on any atom is -0.447 e. The van der Waals surface area contributed by atoms with Gasteiger partial charge in [-0.2, -0.15) is 10.4 Å². The van der Waals surface area contributed by atoms with Crippen molar-refractivity contribution < 1.29 is 54.7 Å². The van der Waals surface area contributed by atoms with Crippen LogP contribution in [0, 0.1) is 34.6 Å². The van der Waals surface area contributed by atoms with Crippen molar-refractivity contribution in [1.29, 1.82) is 5.26 Å². The van der Waals surface area contributed by atoms with E-state index in [2.05, 4.69) is 23.2 Å². The summed E-state index contributed by atoms with van der Waals surface area (Å²) in [6.07, 6.45) is 10.7. The average Bonchev–Trinajstić information content (AvgIpc) is 3.74. The van der Waals surface area contributed by atoms with Gasteiger partial charge in [0, 0.05) is 22.4 Å². The van der Waals surface area contributed by atoms with Crippen LogP contribution in [0.1, 0.15) is 39.5 Å². The average molecular weight is 855 g/mol. The number of rotatable bonds is 20. The minimum absolute atomic E-state index is 0.112. The largest absolute Gasteiger partial charge is 0.475 e. The number of allylic oxidation sites excluding steroid dienone is 2. The summed E-state index contributed by atoms with van der Waals surface area (Å²) in [7, 11) is -4.27. The maximum atomic E-state index is 16.0. The van der Waals surface area contributed by atoms with Gasteiger partial charge in [-0.3, -0.25) is 13.6 Å². The molecule has 1 aliphatic rings. The Morgan fingerprint density at radius 1 is 1.03 bits per heavy atom. The fourth-order valence-corrected chi connectivity index (χ4v) is 8.27. The van der Waals surface area contributed by atoms with Gasteiger partial charge in [-0.1, -0.05) is 48.6 Å². The predicted octanol–water partition coefficient (Wildman–Crippen LogP) is 8.62. The van der Waals surface area contributed by atoms with Crippen molar-refractivity contribution in [2.45, 2.75) is 42.5 Å². The van der Waals surface area contributed by atoms with Gasteiger partial charge in [0.05, 0.1) is 56.5 Å². The predicted molar refractivity (Wildman–Crippen MR) is 210 cm³/mol. The Hall–Kier alpha value is -5.18. The number of ether oxygens (including phenoxy) is 3. The first-order valence-corrected chi connectivity index (χ1v) is 20.3. The second-order valence-corrected chi connectivity index (χ2v) is 16.0. The Kier molecular flexibility index (Phi) is 16.1. The van der Waals surface area contributed by atoms with Gasteiger partial charge in [0.2, 0.25) is 0 Å². The number of carbonyl (C=O) groups is 1. The van der Waals surface area contributed by atoms with E-state index in [1.807, 2.05) is 6.07 Å². The van der Waals surface area contributed by atoms with Gasteiger partial charge in [-0.25, -0.2) is 36.6 Å². The number of hydrogen-bond acceptors (Lipinski definition) is 12. The Bertz CT molecular complexity index is 2230. The number of phosphoric acid groups is 1. The molecule has 2 heterocycles. The monoisotopic (exact) mass is 854 g/mol. The number of hydrogen-bond donors (Lipinski definition) is 0. The van der Waals surface area contributed by atoms with E-state index in [1.165, 1.54) is 71.6 Å². The molecule has 59 heavy (non-hydrogen) atoms. The van der Waals surface area contributed by atoms with Crippen molar-refractivity contribution in [1.82, 2.24) is 14.8 Å². The van der Waals surface area contributed by atoms with Crippen molar-refractivity contribution in [2.24, 2.45) is 0 Å². The molecule has 1 saturated heterocycles. The molecule has 12 nitrogen and oxygen atoms in total. The van der Waals surface area contributed by atoms with Crippen molar-refractivity contribution in [3.05, 3.63) is 162 Å². The first-order valence-electron chi connectivity index (χ1n) is 17.9. The normalized spacial score (nSPS) is 17.4. The summed E-state index contributed by atoms with van der Waals surface area (Å²) >= 11 is 1.21. The van der Waals surface area contributed by atoms with Crippen molar-refractivity contribution in [3.63, 3.8) is 0 Å². The maximum Gasteiger partial charge on any atom is 0.475 e. The van der Waals surface area contributed by atoms with Gasteiger partial charge in [-0.05, 0) is 48.9 Å². The third kappa shape index (κ3) is 12.0. The highest BCUT2D eigenvalue weighted by Gasteiger charge is 2.47. The van der Waals surface area contributed by atoms with Gasteiger partial charge in [0.25, 0.3) is 0 Å². The molecule has 1 aromatic heterocycles. The molecular formula is C41H39F4N4O8PS. The number of benzene rings is 3. The van der Waals surface area contributed by atoms with E-state index in [4.69, 9.17) is 33.0 Å². The smallest absolute Gasteiger partial charge is 0.447 e. The molecule has 18 heteroatoms. The Balaban J connectivity index is 1.40. The van der Waals surface area contributed by atoms with E-state index in [9.17, 15) is 18.1 Å². The number of esters is 1. The molecule has 1 fully saturated rings. The Labute approximate surface area is 342 Å². The minimum atomic E-state index is -4.27. The quantitative estimate of drug-likeness (QED) is 0.0276. The van der Waals surface area contributed by atoms with Crippen LogP contribution >= 0.6 is 19.6 Å². The van der Waals surface area contributed by atoms with Crippen LogP contribution in [-0.4, -0.2) is 64.0 Å². The molecule has 0 bridgehead atoms. The third-order valence-corrected chi connectivity index (χ3v) is 11.5. The molecule has 0 N–H and O–H groups in total. The summed E-state index contributed by atoms with van der Waals surface area (Å²) in [6.45, 7) is 7.46. The number of aromatic nitrogens is 3. The highest BCUT2D eigenvalue weighted by molar-refractivity contribution is 8.00. The summed E-state index contributed by atoms with van der Waals surface area (Å²) in [5.41, 5.74) is -2.52. The zero-order valence-corrected chi connectivity index (χ0v) is 33.3. The molecule has 0 unspecified atom stereocenters. The number of carbonyl (C=O) groups excluding carboxylic acids is 1.